The van der Waals surface area contributed by atoms with Gasteiger partial charge in [-0.2, -0.15) is 9.82 Å². The summed E-state index contributed by atoms with van der Waals surface area (Å²) in [7, 11) is -3.91. The molecule has 2 N–H and O–H groups in total. The molecule has 0 aliphatic heterocycles. The van der Waals surface area contributed by atoms with Gasteiger partial charge in [-0.1, -0.05) is 61.4 Å². The van der Waals surface area contributed by atoms with E-state index in [9.17, 15) is 13.2 Å². The van der Waals surface area contributed by atoms with Crippen LogP contribution in [0.1, 0.15) is 36.5 Å². The molecule has 0 fully saturated rings. The Morgan fingerprint density at radius 1 is 1.00 bits per heavy atom. The van der Waals surface area contributed by atoms with Crippen LogP contribution in [0.3, 0.4) is 0 Å². The molecule has 0 saturated heterocycles. The fourth-order valence-electron chi connectivity index (χ4n) is 3.24. The van der Waals surface area contributed by atoms with Crippen LogP contribution in [-0.2, 0) is 21.2 Å². The second kappa shape index (κ2) is 12.8. The summed E-state index contributed by atoms with van der Waals surface area (Å²) in [6.07, 6.45) is 3.74. The molecule has 0 aromatic heterocycles. The minimum absolute atomic E-state index is 0.0960. The number of ether oxygens (including phenoxy) is 1. The van der Waals surface area contributed by atoms with Gasteiger partial charge in [0.1, 0.15) is 11.8 Å². The second-order valence-corrected chi connectivity index (χ2v) is 9.90. The van der Waals surface area contributed by atoms with Crippen molar-refractivity contribution < 1.29 is 17.9 Å². The molecule has 0 saturated carbocycles. The highest BCUT2D eigenvalue weighted by molar-refractivity contribution is 7.89. The summed E-state index contributed by atoms with van der Waals surface area (Å²) in [5.41, 5.74) is 5.00. The molecule has 3 aromatic rings. The zero-order valence-electron chi connectivity index (χ0n) is 20.0. The molecular weight excluding hydrogens is 462 g/mol. The number of unbranched alkanes of at least 4 members (excludes halogenated alkanes) is 1. The van der Waals surface area contributed by atoms with Gasteiger partial charge in [0.2, 0.25) is 10.0 Å². The fraction of sp³-hybridized carbons (Fsp3) is 0.259. The van der Waals surface area contributed by atoms with E-state index < -0.39 is 22.0 Å². The summed E-state index contributed by atoms with van der Waals surface area (Å²) < 4.78 is 34.0. The van der Waals surface area contributed by atoms with Crippen molar-refractivity contribution in [3.05, 3.63) is 95.6 Å². The third-order valence-electron chi connectivity index (χ3n) is 5.26. The minimum atomic E-state index is -3.91. The highest BCUT2D eigenvalue weighted by atomic mass is 32.2. The van der Waals surface area contributed by atoms with Crippen molar-refractivity contribution in [2.45, 2.75) is 44.0 Å². The van der Waals surface area contributed by atoms with Crippen molar-refractivity contribution in [1.82, 2.24) is 10.1 Å². The number of amides is 1. The standard InChI is InChI=1S/C27H31N3O4S/c1-3-4-18-34-24-14-12-23(13-15-24)20-28-29-27(31)26(19-22-8-6-5-7-9-22)30-35(32,33)25-16-10-21(2)11-17-25/h5-17,20,26,30H,3-4,18-19H2,1-2H3,(H,29,31). The number of hydrogen-bond donors (Lipinski definition) is 2. The molecule has 0 radical (unpaired) electrons. The Bertz CT molecular complexity index is 1210. The zero-order chi connectivity index (χ0) is 25.1. The van der Waals surface area contributed by atoms with E-state index in [-0.39, 0.29) is 11.3 Å². The van der Waals surface area contributed by atoms with Gasteiger partial charge in [0.05, 0.1) is 17.7 Å². The number of rotatable bonds is 12. The van der Waals surface area contributed by atoms with Crippen molar-refractivity contribution in [3.8, 4) is 5.75 Å². The first-order valence-electron chi connectivity index (χ1n) is 11.6. The molecule has 8 heteroatoms. The van der Waals surface area contributed by atoms with Gasteiger partial charge in [0.25, 0.3) is 5.91 Å². The van der Waals surface area contributed by atoms with Gasteiger partial charge in [0.15, 0.2) is 0 Å². The van der Waals surface area contributed by atoms with Crippen LogP contribution < -0.4 is 14.9 Å². The van der Waals surface area contributed by atoms with Crippen molar-refractivity contribution in [3.63, 3.8) is 0 Å². The summed E-state index contributed by atoms with van der Waals surface area (Å²) in [5.74, 6) is 0.216. The van der Waals surface area contributed by atoms with E-state index in [1.165, 1.54) is 18.3 Å². The SMILES string of the molecule is CCCCOc1ccc(C=NNC(=O)C(Cc2ccccc2)NS(=O)(=O)c2ccc(C)cc2)cc1. The predicted molar refractivity (Wildman–Crippen MR) is 138 cm³/mol. The van der Waals surface area contributed by atoms with E-state index in [1.54, 1.807) is 12.1 Å². The van der Waals surface area contributed by atoms with Gasteiger partial charge < -0.3 is 4.74 Å². The number of carbonyl (C=O) groups excluding carboxylic acids is 1. The van der Waals surface area contributed by atoms with Crippen LogP contribution in [0.2, 0.25) is 0 Å². The number of carbonyl (C=O) groups is 1. The average molecular weight is 494 g/mol. The van der Waals surface area contributed by atoms with Gasteiger partial charge >= 0.3 is 0 Å². The molecule has 1 unspecified atom stereocenters. The molecule has 0 spiro atoms. The van der Waals surface area contributed by atoms with Gasteiger partial charge in [-0.25, -0.2) is 13.8 Å². The smallest absolute Gasteiger partial charge is 0.258 e. The van der Waals surface area contributed by atoms with Crippen LogP contribution in [0.5, 0.6) is 5.75 Å². The van der Waals surface area contributed by atoms with E-state index in [4.69, 9.17) is 4.74 Å². The normalized spacial score (nSPS) is 12.4. The first-order chi connectivity index (χ1) is 16.9. The molecule has 0 aliphatic carbocycles. The van der Waals surface area contributed by atoms with Crippen LogP contribution in [0, 0.1) is 6.92 Å². The maximum atomic E-state index is 12.9. The lowest BCUT2D eigenvalue weighted by Crippen LogP contribution is -2.46. The van der Waals surface area contributed by atoms with E-state index in [2.05, 4.69) is 22.2 Å². The molecule has 1 amide bonds. The van der Waals surface area contributed by atoms with Crippen LogP contribution in [0.15, 0.2) is 88.9 Å². The zero-order valence-corrected chi connectivity index (χ0v) is 20.8. The highest BCUT2D eigenvalue weighted by Gasteiger charge is 2.26. The highest BCUT2D eigenvalue weighted by Crippen LogP contribution is 2.13. The summed E-state index contributed by atoms with van der Waals surface area (Å²) in [6, 6.07) is 22.0. The minimum Gasteiger partial charge on any atom is -0.494 e. The lowest BCUT2D eigenvalue weighted by Gasteiger charge is -2.17. The van der Waals surface area contributed by atoms with Gasteiger partial charge in [-0.15, -0.1) is 0 Å². The van der Waals surface area contributed by atoms with Gasteiger partial charge in [-0.3, -0.25) is 4.79 Å². The monoisotopic (exact) mass is 493 g/mol. The third-order valence-corrected chi connectivity index (χ3v) is 6.75. The quantitative estimate of drug-likeness (QED) is 0.224. The van der Waals surface area contributed by atoms with Crippen LogP contribution in [0.25, 0.3) is 0 Å². The Balaban J connectivity index is 1.68. The Morgan fingerprint density at radius 2 is 1.69 bits per heavy atom. The van der Waals surface area contributed by atoms with E-state index in [0.29, 0.717) is 6.61 Å². The number of nitrogens with zero attached hydrogens (tertiary/aromatic N) is 1. The lowest BCUT2D eigenvalue weighted by atomic mass is 10.1. The van der Waals surface area contributed by atoms with Crippen molar-refractivity contribution in [2.24, 2.45) is 5.10 Å². The Labute approximate surface area is 207 Å². The Morgan fingerprint density at radius 3 is 2.34 bits per heavy atom. The molecular formula is C27H31N3O4S. The first kappa shape index (κ1) is 26.1. The molecule has 0 bridgehead atoms. The lowest BCUT2D eigenvalue weighted by molar-refractivity contribution is -0.122. The molecule has 3 rings (SSSR count). The molecule has 3 aromatic carbocycles. The van der Waals surface area contributed by atoms with Crippen molar-refractivity contribution >= 4 is 22.1 Å². The fourth-order valence-corrected chi connectivity index (χ4v) is 4.44. The Kier molecular flexibility index (Phi) is 9.57. The van der Waals surface area contributed by atoms with Gasteiger partial charge in [-0.05, 0) is 67.3 Å². The van der Waals surface area contributed by atoms with Crippen molar-refractivity contribution in [2.75, 3.05) is 6.61 Å². The molecule has 0 heterocycles. The summed E-state index contributed by atoms with van der Waals surface area (Å²) in [4.78, 5) is 13.0. The number of benzene rings is 3. The maximum absolute atomic E-state index is 12.9. The summed E-state index contributed by atoms with van der Waals surface area (Å²) >= 11 is 0. The van der Waals surface area contributed by atoms with Crippen molar-refractivity contribution in [1.29, 1.82) is 0 Å². The van der Waals surface area contributed by atoms with E-state index in [0.717, 1.165) is 35.3 Å². The molecule has 7 nitrogen and oxygen atoms in total. The van der Waals surface area contributed by atoms with Crippen LogP contribution >= 0.6 is 0 Å². The second-order valence-electron chi connectivity index (χ2n) is 8.18. The molecule has 1 atom stereocenters. The topological polar surface area (TPSA) is 96.9 Å². The van der Waals surface area contributed by atoms with Crippen LogP contribution in [0.4, 0.5) is 0 Å². The molecule has 0 aliphatic rings. The van der Waals surface area contributed by atoms with Crippen LogP contribution in [-0.4, -0.2) is 33.2 Å². The van der Waals surface area contributed by atoms with E-state index in [1.807, 2.05) is 61.5 Å². The van der Waals surface area contributed by atoms with Gasteiger partial charge in [0, 0.05) is 0 Å². The third kappa shape index (κ3) is 8.35. The molecule has 35 heavy (non-hydrogen) atoms. The summed E-state index contributed by atoms with van der Waals surface area (Å²) in [5, 5.41) is 4.02. The first-order valence-corrected chi connectivity index (χ1v) is 13.0. The molecule has 184 valence electrons. The number of hydrazone groups is 1. The number of sulfonamides is 1. The number of aryl methyl sites for hydroxylation is 1. The Hall–Kier alpha value is -3.49. The number of nitrogens with one attached hydrogen (secondary N) is 2. The average Bonchev–Trinajstić information content (AvgIpc) is 2.85. The summed E-state index contributed by atoms with van der Waals surface area (Å²) in [6.45, 7) is 4.65. The van der Waals surface area contributed by atoms with E-state index >= 15 is 0 Å². The predicted octanol–water partition coefficient (Wildman–Crippen LogP) is 4.21. The number of hydrogen-bond acceptors (Lipinski definition) is 5. The largest absolute Gasteiger partial charge is 0.494 e. The maximum Gasteiger partial charge on any atom is 0.258 e.